The van der Waals surface area contributed by atoms with Crippen LogP contribution in [-0.2, 0) is 9.84 Å². The first kappa shape index (κ1) is 15.7. The van der Waals surface area contributed by atoms with Crippen LogP contribution in [0.5, 0.6) is 0 Å². The van der Waals surface area contributed by atoms with Gasteiger partial charge in [0, 0.05) is 17.8 Å². The fourth-order valence-electron chi connectivity index (χ4n) is 1.68. The molecule has 2 atom stereocenters. The molecule has 4 heteroatoms. The number of nitrogens with one attached hydrogen (secondary N) is 1. The second-order valence-electron chi connectivity index (χ2n) is 4.39. The number of hydrogen-bond acceptors (Lipinski definition) is 3. The molecular weight excluding hydrogens is 222 g/mol. The Kier molecular flexibility index (Phi) is 7.68. The van der Waals surface area contributed by atoms with Gasteiger partial charge in [-0.3, -0.25) is 0 Å². The molecule has 0 aromatic rings. The average molecular weight is 247 g/mol. The van der Waals surface area contributed by atoms with Gasteiger partial charge in [0.05, 0.1) is 5.75 Å². The lowest BCUT2D eigenvalue weighted by atomic mass is 10.1. The summed E-state index contributed by atoms with van der Waals surface area (Å²) in [7, 11) is -2.87. The average Bonchev–Trinajstić information content (AvgIpc) is 2.17. The maximum absolute atomic E-state index is 11.4. The largest absolute Gasteiger partial charge is 0.311 e. The Balaban J connectivity index is 3.86. The van der Waals surface area contributed by atoms with Crippen LogP contribution in [-0.4, -0.2) is 32.0 Å². The van der Waals surface area contributed by atoms with E-state index in [1.54, 1.807) is 6.92 Å². The van der Waals surface area contributed by atoms with Crippen molar-refractivity contribution >= 4 is 9.84 Å². The molecule has 0 saturated carbocycles. The Morgan fingerprint density at radius 2 is 1.94 bits per heavy atom. The summed E-state index contributed by atoms with van der Waals surface area (Å²) in [5.41, 5.74) is 0. The molecule has 3 nitrogen and oxygen atoms in total. The minimum Gasteiger partial charge on any atom is -0.311 e. The predicted octanol–water partition coefficient (Wildman–Crippen LogP) is 2.14. The van der Waals surface area contributed by atoms with Gasteiger partial charge in [-0.1, -0.05) is 13.0 Å². The van der Waals surface area contributed by atoms with Gasteiger partial charge >= 0.3 is 0 Å². The molecule has 0 amide bonds. The van der Waals surface area contributed by atoms with Crippen LogP contribution < -0.4 is 5.32 Å². The van der Waals surface area contributed by atoms with E-state index in [0.717, 1.165) is 19.3 Å². The molecule has 0 aromatic carbocycles. The Morgan fingerprint density at radius 3 is 2.44 bits per heavy atom. The minimum absolute atomic E-state index is 0.0312. The summed E-state index contributed by atoms with van der Waals surface area (Å²) < 4.78 is 22.8. The SMILES string of the molecule is C=CCCCC(C)NC(C)CS(=O)(=O)CC. The van der Waals surface area contributed by atoms with Crippen molar-refractivity contribution in [1.82, 2.24) is 5.32 Å². The Hall–Kier alpha value is -0.350. The fraction of sp³-hybridized carbons (Fsp3) is 0.833. The van der Waals surface area contributed by atoms with Crippen LogP contribution >= 0.6 is 0 Å². The van der Waals surface area contributed by atoms with Crippen molar-refractivity contribution in [1.29, 1.82) is 0 Å². The Labute approximate surface area is 100 Å². The lowest BCUT2D eigenvalue weighted by molar-refractivity contribution is 0.454. The quantitative estimate of drug-likeness (QED) is 0.501. The lowest BCUT2D eigenvalue weighted by Crippen LogP contribution is -2.39. The lowest BCUT2D eigenvalue weighted by Gasteiger charge is -2.19. The van der Waals surface area contributed by atoms with Gasteiger partial charge < -0.3 is 5.32 Å². The third-order valence-corrected chi connectivity index (χ3v) is 4.45. The van der Waals surface area contributed by atoms with Crippen LogP contribution in [0.3, 0.4) is 0 Å². The second kappa shape index (κ2) is 7.85. The van der Waals surface area contributed by atoms with Crippen LogP contribution in [0, 0.1) is 0 Å². The van der Waals surface area contributed by atoms with Crippen LogP contribution in [0.1, 0.15) is 40.0 Å². The number of rotatable bonds is 9. The van der Waals surface area contributed by atoms with Crippen LogP contribution in [0.15, 0.2) is 12.7 Å². The Morgan fingerprint density at radius 1 is 1.31 bits per heavy atom. The van der Waals surface area contributed by atoms with Gasteiger partial charge in [-0.15, -0.1) is 6.58 Å². The van der Waals surface area contributed by atoms with Gasteiger partial charge in [-0.25, -0.2) is 8.42 Å². The molecule has 1 N–H and O–H groups in total. The molecule has 2 unspecified atom stereocenters. The minimum atomic E-state index is -2.87. The van der Waals surface area contributed by atoms with E-state index in [1.165, 1.54) is 0 Å². The van der Waals surface area contributed by atoms with Gasteiger partial charge in [-0.05, 0) is 33.1 Å². The molecule has 0 spiro atoms. The fourth-order valence-corrected chi connectivity index (χ4v) is 2.78. The standard InChI is InChI=1S/C12H25NO2S/c1-5-7-8-9-11(3)13-12(4)10-16(14,15)6-2/h5,11-13H,1,6-10H2,2-4H3. The van der Waals surface area contributed by atoms with Crippen molar-refractivity contribution in [2.24, 2.45) is 0 Å². The van der Waals surface area contributed by atoms with E-state index in [-0.39, 0.29) is 17.5 Å². The highest BCUT2D eigenvalue weighted by atomic mass is 32.2. The zero-order valence-electron chi connectivity index (χ0n) is 10.7. The van der Waals surface area contributed by atoms with E-state index in [9.17, 15) is 8.42 Å². The molecule has 0 bridgehead atoms. The molecule has 16 heavy (non-hydrogen) atoms. The summed E-state index contributed by atoms with van der Waals surface area (Å²) in [6.07, 6.45) is 5.10. The number of sulfone groups is 1. The molecule has 0 radical (unpaired) electrons. The van der Waals surface area contributed by atoms with Gasteiger partial charge in [0.25, 0.3) is 0 Å². The first-order chi connectivity index (χ1) is 7.41. The van der Waals surface area contributed by atoms with E-state index < -0.39 is 9.84 Å². The van der Waals surface area contributed by atoms with Crippen LogP contribution in [0.4, 0.5) is 0 Å². The smallest absolute Gasteiger partial charge is 0.151 e. The van der Waals surface area contributed by atoms with Crippen molar-refractivity contribution < 1.29 is 8.42 Å². The van der Waals surface area contributed by atoms with Crippen molar-refractivity contribution in [3.63, 3.8) is 0 Å². The molecule has 0 aliphatic rings. The van der Waals surface area contributed by atoms with Crippen molar-refractivity contribution in [3.8, 4) is 0 Å². The van der Waals surface area contributed by atoms with Crippen molar-refractivity contribution in [2.75, 3.05) is 11.5 Å². The van der Waals surface area contributed by atoms with Crippen molar-refractivity contribution in [3.05, 3.63) is 12.7 Å². The summed E-state index contributed by atoms with van der Waals surface area (Å²) in [6, 6.07) is 0.394. The number of hydrogen-bond donors (Lipinski definition) is 1. The molecule has 0 aliphatic carbocycles. The van der Waals surface area contributed by atoms with Gasteiger partial charge in [0.15, 0.2) is 9.84 Å². The zero-order valence-corrected chi connectivity index (χ0v) is 11.5. The van der Waals surface area contributed by atoms with Crippen LogP contribution in [0.25, 0.3) is 0 Å². The van der Waals surface area contributed by atoms with Crippen molar-refractivity contribution in [2.45, 2.75) is 52.1 Å². The first-order valence-electron chi connectivity index (χ1n) is 5.98. The summed E-state index contributed by atoms with van der Waals surface area (Å²) in [6.45, 7) is 9.39. The van der Waals surface area contributed by atoms with E-state index in [0.29, 0.717) is 6.04 Å². The zero-order chi connectivity index (χ0) is 12.6. The molecular formula is C12H25NO2S. The first-order valence-corrected chi connectivity index (χ1v) is 7.80. The summed E-state index contributed by atoms with van der Waals surface area (Å²) in [5, 5.41) is 3.32. The highest BCUT2D eigenvalue weighted by Gasteiger charge is 2.14. The predicted molar refractivity (Wildman–Crippen MR) is 70.4 cm³/mol. The number of unbranched alkanes of at least 4 members (excludes halogenated alkanes) is 1. The van der Waals surface area contributed by atoms with E-state index >= 15 is 0 Å². The van der Waals surface area contributed by atoms with E-state index in [2.05, 4.69) is 18.8 Å². The summed E-state index contributed by atoms with van der Waals surface area (Å²) in [5.74, 6) is 0.458. The van der Waals surface area contributed by atoms with Crippen LogP contribution in [0.2, 0.25) is 0 Å². The molecule has 0 aromatic heterocycles. The molecule has 0 rings (SSSR count). The maximum atomic E-state index is 11.4. The van der Waals surface area contributed by atoms with E-state index in [4.69, 9.17) is 0 Å². The third kappa shape index (κ3) is 7.88. The highest BCUT2D eigenvalue weighted by Crippen LogP contribution is 2.03. The maximum Gasteiger partial charge on any atom is 0.151 e. The normalized spacial score (nSPS) is 15.7. The highest BCUT2D eigenvalue weighted by molar-refractivity contribution is 7.91. The third-order valence-electron chi connectivity index (χ3n) is 2.56. The molecule has 0 heterocycles. The van der Waals surface area contributed by atoms with Gasteiger partial charge in [0.1, 0.15) is 0 Å². The molecule has 0 saturated heterocycles. The van der Waals surface area contributed by atoms with E-state index in [1.807, 2.05) is 13.0 Å². The monoisotopic (exact) mass is 247 g/mol. The topological polar surface area (TPSA) is 46.2 Å². The second-order valence-corrected chi connectivity index (χ2v) is 6.79. The molecule has 0 aliphatic heterocycles. The van der Waals surface area contributed by atoms with Gasteiger partial charge in [0.2, 0.25) is 0 Å². The Bertz CT molecular complexity index is 285. The van der Waals surface area contributed by atoms with Gasteiger partial charge in [-0.2, -0.15) is 0 Å². The summed E-state index contributed by atoms with van der Waals surface area (Å²) in [4.78, 5) is 0. The molecule has 0 fully saturated rings. The number of allylic oxidation sites excluding steroid dienone is 1. The molecule has 96 valence electrons. The summed E-state index contributed by atoms with van der Waals surface area (Å²) >= 11 is 0.